The number of methoxy groups -OCH3 is 3. The van der Waals surface area contributed by atoms with Crippen LogP contribution in [0.3, 0.4) is 0 Å². The first-order valence-electron chi connectivity index (χ1n) is 6.49. The van der Waals surface area contributed by atoms with Gasteiger partial charge in [0.2, 0.25) is 5.75 Å². The van der Waals surface area contributed by atoms with Crippen LogP contribution in [-0.4, -0.2) is 48.7 Å². The van der Waals surface area contributed by atoms with Gasteiger partial charge >= 0.3 is 5.97 Å². The first kappa shape index (κ1) is 15.6. The summed E-state index contributed by atoms with van der Waals surface area (Å²) in [6, 6.07) is 3.08. The average molecular weight is 307 g/mol. The number of aromatic nitrogens is 3. The molecule has 118 valence electrons. The van der Waals surface area contributed by atoms with E-state index in [4.69, 9.17) is 18.9 Å². The van der Waals surface area contributed by atoms with Gasteiger partial charge in [0.05, 0.1) is 33.4 Å². The second-order valence-corrected chi connectivity index (χ2v) is 4.21. The average Bonchev–Trinajstić information content (AvgIpc) is 3.06. The number of hydrogen-bond acceptors (Lipinski definition) is 7. The Morgan fingerprint density at radius 3 is 2.32 bits per heavy atom. The summed E-state index contributed by atoms with van der Waals surface area (Å²) in [7, 11) is 4.46. The number of carbonyl (C=O) groups excluding carboxylic acids is 1. The molecule has 0 amide bonds. The number of rotatable bonds is 7. The quantitative estimate of drug-likeness (QED) is 0.710. The lowest BCUT2D eigenvalue weighted by Gasteiger charge is -2.13. The van der Waals surface area contributed by atoms with E-state index in [-0.39, 0.29) is 6.61 Å². The van der Waals surface area contributed by atoms with Crippen molar-refractivity contribution in [3.05, 3.63) is 30.4 Å². The SMILES string of the molecule is COc1cc(C(=O)OCCn2cncn2)cc(OC)c1OC. The molecule has 0 spiro atoms. The first-order chi connectivity index (χ1) is 10.7. The second kappa shape index (κ2) is 7.30. The van der Waals surface area contributed by atoms with Gasteiger partial charge in [-0.2, -0.15) is 5.10 Å². The lowest BCUT2D eigenvalue weighted by atomic mass is 10.2. The zero-order valence-electron chi connectivity index (χ0n) is 12.6. The molecule has 1 heterocycles. The van der Waals surface area contributed by atoms with Crippen molar-refractivity contribution < 1.29 is 23.7 Å². The minimum atomic E-state index is -0.487. The van der Waals surface area contributed by atoms with Crippen LogP contribution in [-0.2, 0) is 11.3 Å². The monoisotopic (exact) mass is 307 g/mol. The Morgan fingerprint density at radius 2 is 1.82 bits per heavy atom. The fourth-order valence-corrected chi connectivity index (χ4v) is 1.86. The van der Waals surface area contributed by atoms with Gasteiger partial charge in [-0.25, -0.2) is 14.5 Å². The van der Waals surface area contributed by atoms with Gasteiger partial charge in [0.15, 0.2) is 11.5 Å². The third-order valence-corrected chi connectivity index (χ3v) is 2.92. The van der Waals surface area contributed by atoms with Crippen LogP contribution in [0.1, 0.15) is 10.4 Å². The van der Waals surface area contributed by atoms with E-state index in [1.54, 1.807) is 23.1 Å². The van der Waals surface area contributed by atoms with Gasteiger partial charge in [-0.05, 0) is 12.1 Å². The molecular weight excluding hydrogens is 290 g/mol. The Bertz CT molecular complexity index is 602. The highest BCUT2D eigenvalue weighted by molar-refractivity contribution is 5.91. The van der Waals surface area contributed by atoms with E-state index in [9.17, 15) is 4.79 Å². The Kier molecular flexibility index (Phi) is 5.18. The van der Waals surface area contributed by atoms with Crippen LogP contribution in [0.25, 0.3) is 0 Å². The Balaban J connectivity index is 2.08. The minimum absolute atomic E-state index is 0.179. The van der Waals surface area contributed by atoms with Crippen LogP contribution in [0.15, 0.2) is 24.8 Å². The lowest BCUT2D eigenvalue weighted by Crippen LogP contribution is -2.12. The van der Waals surface area contributed by atoms with E-state index in [1.807, 2.05) is 0 Å². The number of nitrogens with zero attached hydrogens (tertiary/aromatic N) is 3. The summed E-state index contributed by atoms with van der Waals surface area (Å²) in [4.78, 5) is 15.9. The summed E-state index contributed by atoms with van der Waals surface area (Å²) in [5.74, 6) is 0.721. The van der Waals surface area contributed by atoms with E-state index < -0.39 is 5.97 Å². The summed E-state index contributed by atoms with van der Waals surface area (Å²) in [6.45, 7) is 0.606. The standard InChI is InChI=1S/C14H17N3O5/c1-19-11-6-10(7-12(20-2)13(11)21-3)14(18)22-5-4-17-9-15-8-16-17/h6-9H,4-5H2,1-3H3. The molecule has 0 atom stereocenters. The molecule has 0 aliphatic rings. The molecule has 0 N–H and O–H groups in total. The van der Waals surface area contributed by atoms with E-state index in [1.165, 1.54) is 27.7 Å². The maximum absolute atomic E-state index is 12.1. The van der Waals surface area contributed by atoms with Gasteiger partial charge in [0.1, 0.15) is 19.3 Å². The number of ether oxygens (including phenoxy) is 4. The third-order valence-electron chi connectivity index (χ3n) is 2.92. The predicted octanol–water partition coefficient (Wildman–Crippen LogP) is 1.16. The van der Waals surface area contributed by atoms with Crippen LogP contribution < -0.4 is 14.2 Å². The zero-order valence-corrected chi connectivity index (χ0v) is 12.6. The van der Waals surface area contributed by atoms with Crippen LogP contribution in [0.4, 0.5) is 0 Å². The highest BCUT2D eigenvalue weighted by atomic mass is 16.5. The zero-order chi connectivity index (χ0) is 15.9. The number of esters is 1. The van der Waals surface area contributed by atoms with Crippen LogP contribution in [0.2, 0.25) is 0 Å². The largest absolute Gasteiger partial charge is 0.493 e. The van der Waals surface area contributed by atoms with Crippen molar-refractivity contribution in [2.24, 2.45) is 0 Å². The van der Waals surface area contributed by atoms with Gasteiger partial charge in [0.25, 0.3) is 0 Å². The third kappa shape index (κ3) is 3.46. The van der Waals surface area contributed by atoms with Crippen molar-refractivity contribution >= 4 is 5.97 Å². The molecule has 0 fully saturated rings. The molecule has 0 bridgehead atoms. The van der Waals surface area contributed by atoms with Crippen LogP contribution in [0, 0.1) is 0 Å². The maximum atomic E-state index is 12.1. The van der Waals surface area contributed by atoms with Gasteiger partial charge < -0.3 is 18.9 Å². The smallest absolute Gasteiger partial charge is 0.338 e. The van der Waals surface area contributed by atoms with Gasteiger partial charge in [0, 0.05) is 0 Å². The molecule has 0 saturated heterocycles. The van der Waals surface area contributed by atoms with E-state index in [2.05, 4.69) is 10.1 Å². The van der Waals surface area contributed by atoms with Crippen molar-refractivity contribution in [2.45, 2.75) is 6.54 Å². The highest BCUT2D eigenvalue weighted by Crippen LogP contribution is 2.38. The summed E-state index contributed by atoms with van der Waals surface area (Å²) < 4.78 is 22.4. The molecule has 1 aromatic carbocycles. The summed E-state index contributed by atoms with van der Waals surface area (Å²) in [5, 5.41) is 3.92. The van der Waals surface area contributed by atoms with Crippen LogP contribution in [0.5, 0.6) is 17.2 Å². The van der Waals surface area contributed by atoms with E-state index >= 15 is 0 Å². The van der Waals surface area contributed by atoms with Crippen molar-refractivity contribution in [1.29, 1.82) is 0 Å². The molecule has 2 aromatic rings. The summed E-state index contributed by atoms with van der Waals surface area (Å²) >= 11 is 0. The molecule has 0 radical (unpaired) electrons. The molecular formula is C14H17N3O5. The minimum Gasteiger partial charge on any atom is -0.493 e. The molecule has 0 unspecified atom stereocenters. The normalized spacial score (nSPS) is 10.1. The molecule has 0 aliphatic heterocycles. The van der Waals surface area contributed by atoms with Gasteiger partial charge in [-0.3, -0.25) is 0 Å². The van der Waals surface area contributed by atoms with Crippen molar-refractivity contribution in [3.8, 4) is 17.2 Å². The number of carbonyl (C=O) groups is 1. The second-order valence-electron chi connectivity index (χ2n) is 4.21. The van der Waals surface area contributed by atoms with Gasteiger partial charge in [-0.15, -0.1) is 0 Å². The van der Waals surface area contributed by atoms with Crippen molar-refractivity contribution in [3.63, 3.8) is 0 Å². The highest BCUT2D eigenvalue weighted by Gasteiger charge is 2.17. The Hall–Kier alpha value is -2.77. The summed E-state index contributed by atoms with van der Waals surface area (Å²) in [6.07, 6.45) is 2.97. The molecule has 22 heavy (non-hydrogen) atoms. The molecule has 0 aliphatic carbocycles. The van der Waals surface area contributed by atoms with Crippen molar-refractivity contribution in [2.75, 3.05) is 27.9 Å². The molecule has 1 aromatic heterocycles. The van der Waals surface area contributed by atoms with Crippen LogP contribution >= 0.6 is 0 Å². The fourth-order valence-electron chi connectivity index (χ4n) is 1.86. The molecule has 2 rings (SSSR count). The molecule has 8 nitrogen and oxygen atoms in total. The Morgan fingerprint density at radius 1 is 1.14 bits per heavy atom. The fraction of sp³-hybridized carbons (Fsp3) is 0.357. The first-order valence-corrected chi connectivity index (χ1v) is 6.49. The Labute approximate surface area is 127 Å². The number of hydrogen-bond donors (Lipinski definition) is 0. The number of benzene rings is 1. The molecule has 0 saturated carbocycles. The maximum Gasteiger partial charge on any atom is 0.338 e. The molecule has 8 heteroatoms. The topological polar surface area (TPSA) is 84.7 Å². The predicted molar refractivity (Wildman–Crippen MR) is 76.4 cm³/mol. The van der Waals surface area contributed by atoms with E-state index in [0.29, 0.717) is 29.4 Å². The van der Waals surface area contributed by atoms with E-state index in [0.717, 1.165) is 0 Å². The summed E-state index contributed by atoms with van der Waals surface area (Å²) in [5.41, 5.74) is 0.313. The van der Waals surface area contributed by atoms with Crippen molar-refractivity contribution in [1.82, 2.24) is 14.8 Å². The van der Waals surface area contributed by atoms with Gasteiger partial charge in [-0.1, -0.05) is 0 Å². The lowest BCUT2D eigenvalue weighted by molar-refractivity contribution is 0.0486.